The van der Waals surface area contributed by atoms with Gasteiger partial charge >= 0.3 is 6.03 Å². The molecule has 3 N–H and O–H groups in total. The minimum absolute atomic E-state index is 0.0382. The van der Waals surface area contributed by atoms with E-state index in [1.165, 1.54) is 29.2 Å². The maximum atomic E-state index is 14.7. The van der Waals surface area contributed by atoms with Gasteiger partial charge in [-0.05, 0) is 50.8 Å². The van der Waals surface area contributed by atoms with Gasteiger partial charge in [0.1, 0.15) is 11.6 Å². The van der Waals surface area contributed by atoms with Gasteiger partial charge in [-0.1, -0.05) is 17.7 Å². The number of nitrogens with two attached hydrogens (primary N) is 1. The summed E-state index contributed by atoms with van der Waals surface area (Å²) in [7, 11) is 3.89. The SMILES string of the molecule is CN(C)C1CCN(C(=O)N(Cc2ccc(C(=O)NN)cc2F)c2ccc(F)cc2Cl)C1. The van der Waals surface area contributed by atoms with Gasteiger partial charge in [0.05, 0.1) is 17.3 Å². The second-order valence-electron chi connectivity index (χ2n) is 7.60. The van der Waals surface area contributed by atoms with Crippen molar-refractivity contribution in [3.8, 4) is 0 Å². The molecule has 31 heavy (non-hydrogen) atoms. The lowest BCUT2D eigenvalue weighted by molar-refractivity contribution is 0.0953. The minimum atomic E-state index is -0.676. The fraction of sp³-hybridized carbons (Fsp3) is 0.333. The van der Waals surface area contributed by atoms with Crippen molar-refractivity contribution in [3.05, 3.63) is 64.2 Å². The van der Waals surface area contributed by atoms with E-state index in [9.17, 15) is 18.4 Å². The van der Waals surface area contributed by atoms with E-state index >= 15 is 0 Å². The van der Waals surface area contributed by atoms with E-state index < -0.39 is 17.5 Å². The van der Waals surface area contributed by atoms with Gasteiger partial charge in [-0.15, -0.1) is 0 Å². The molecule has 7 nitrogen and oxygen atoms in total. The molecule has 2 aromatic carbocycles. The Balaban J connectivity index is 1.93. The van der Waals surface area contributed by atoms with Crippen LogP contribution in [0.3, 0.4) is 0 Å². The zero-order chi connectivity index (χ0) is 22.7. The van der Waals surface area contributed by atoms with Crippen molar-refractivity contribution in [2.75, 3.05) is 32.1 Å². The molecule has 0 spiro atoms. The molecule has 1 aliphatic rings. The zero-order valence-electron chi connectivity index (χ0n) is 17.2. The number of nitrogen functional groups attached to an aromatic ring is 1. The maximum Gasteiger partial charge on any atom is 0.324 e. The average molecular weight is 452 g/mol. The van der Waals surface area contributed by atoms with Crippen molar-refractivity contribution in [2.24, 2.45) is 5.84 Å². The first-order chi connectivity index (χ1) is 14.7. The van der Waals surface area contributed by atoms with Crippen LogP contribution < -0.4 is 16.2 Å². The number of nitrogens with one attached hydrogen (secondary N) is 1. The highest BCUT2D eigenvalue weighted by Gasteiger charge is 2.32. The molecule has 3 amide bonds. The van der Waals surface area contributed by atoms with E-state index in [1.807, 2.05) is 24.4 Å². The number of hydrogen-bond acceptors (Lipinski definition) is 4. The second kappa shape index (κ2) is 9.59. The summed E-state index contributed by atoms with van der Waals surface area (Å²) in [6.07, 6.45) is 0.807. The van der Waals surface area contributed by atoms with Gasteiger partial charge in [0.2, 0.25) is 0 Å². The summed E-state index contributed by atoms with van der Waals surface area (Å²) >= 11 is 6.22. The monoisotopic (exact) mass is 451 g/mol. The quantitative estimate of drug-likeness (QED) is 0.416. The average Bonchev–Trinajstić information content (AvgIpc) is 3.23. The molecule has 1 aliphatic heterocycles. The molecule has 1 unspecified atom stereocenters. The van der Waals surface area contributed by atoms with Gasteiger partial charge in [0.25, 0.3) is 5.91 Å². The summed E-state index contributed by atoms with van der Waals surface area (Å²) in [6.45, 7) is 0.901. The molecule has 3 rings (SSSR count). The maximum absolute atomic E-state index is 14.7. The highest BCUT2D eigenvalue weighted by Crippen LogP contribution is 2.30. The normalized spacial score (nSPS) is 16.0. The van der Waals surface area contributed by atoms with Crippen molar-refractivity contribution >= 4 is 29.2 Å². The van der Waals surface area contributed by atoms with Crippen molar-refractivity contribution in [3.63, 3.8) is 0 Å². The fourth-order valence-corrected chi connectivity index (χ4v) is 3.80. The topological polar surface area (TPSA) is 81.9 Å². The lowest BCUT2D eigenvalue weighted by atomic mass is 10.1. The number of hydrogen-bond donors (Lipinski definition) is 2. The van der Waals surface area contributed by atoms with Crippen molar-refractivity contribution in [2.45, 2.75) is 19.0 Å². The fourth-order valence-electron chi connectivity index (χ4n) is 3.53. The molecule has 1 saturated heterocycles. The molecule has 2 aromatic rings. The van der Waals surface area contributed by atoms with E-state index in [4.69, 9.17) is 17.4 Å². The Morgan fingerprint density at radius 2 is 1.97 bits per heavy atom. The molecule has 0 aliphatic carbocycles. The van der Waals surface area contributed by atoms with Crippen LogP contribution in [0.2, 0.25) is 5.02 Å². The third kappa shape index (κ3) is 5.12. The van der Waals surface area contributed by atoms with E-state index in [0.29, 0.717) is 13.1 Å². The molecular weight excluding hydrogens is 428 g/mol. The van der Waals surface area contributed by atoms with Gasteiger partial charge in [-0.25, -0.2) is 19.4 Å². The Morgan fingerprint density at radius 3 is 2.55 bits per heavy atom. The predicted octanol–water partition coefficient (Wildman–Crippen LogP) is 2.98. The molecular formula is C21H24ClF2N5O2. The van der Waals surface area contributed by atoms with Crippen LogP contribution in [0, 0.1) is 11.6 Å². The van der Waals surface area contributed by atoms with Crippen LogP contribution in [-0.4, -0.2) is 55.0 Å². The Bertz CT molecular complexity index is 988. The first kappa shape index (κ1) is 22.9. The summed E-state index contributed by atoms with van der Waals surface area (Å²) in [4.78, 5) is 30.0. The lowest BCUT2D eigenvalue weighted by Gasteiger charge is -2.29. The van der Waals surface area contributed by atoms with E-state index in [2.05, 4.69) is 0 Å². The summed E-state index contributed by atoms with van der Waals surface area (Å²) < 4.78 is 28.3. The van der Waals surface area contributed by atoms with E-state index in [0.717, 1.165) is 18.6 Å². The lowest BCUT2D eigenvalue weighted by Crippen LogP contribution is -2.43. The number of carbonyl (C=O) groups is 2. The summed E-state index contributed by atoms with van der Waals surface area (Å²) in [5.41, 5.74) is 2.43. The number of likely N-dealkylation sites (N-methyl/N-ethyl adjacent to an activating group) is 1. The first-order valence-corrected chi connectivity index (χ1v) is 10.1. The first-order valence-electron chi connectivity index (χ1n) is 9.68. The zero-order valence-corrected chi connectivity index (χ0v) is 18.0. The predicted molar refractivity (Wildman–Crippen MR) is 115 cm³/mol. The number of nitrogens with zero attached hydrogens (tertiary/aromatic N) is 3. The number of amides is 3. The third-order valence-electron chi connectivity index (χ3n) is 5.37. The number of rotatable bonds is 5. The third-order valence-corrected chi connectivity index (χ3v) is 5.67. The molecule has 1 heterocycles. The number of urea groups is 1. The van der Waals surface area contributed by atoms with Gasteiger partial charge < -0.3 is 9.80 Å². The second-order valence-corrected chi connectivity index (χ2v) is 8.00. The van der Waals surface area contributed by atoms with Gasteiger partial charge in [0.15, 0.2) is 0 Å². The van der Waals surface area contributed by atoms with Crippen LogP contribution in [-0.2, 0) is 6.54 Å². The van der Waals surface area contributed by atoms with Crippen LogP contribution in [0.25, 0.3) is 0 Å². The number of anilines is 1. The van der Waals surface area contributed by atoms with Crippen molar-refractivity contribution in [1.29, 1.82) is 0 Å². The molecule has 166 valence electrons. The highest BCUT2D eigenvalue weighted by atomic mass is 35.5. The van der Waals surface area contributed by atoms with Crippen molar-refractivity contribution < 1.29 is 18.4 Å². The van der Waals surface area contributed by atoms with Crippen LogP contribution >= 0.6 is 11.6 Å². The van der Waals surface area contributed by atoms with Crippen LogP contribution in [0.5, 0.6) is 0 Å². The summed E-state index contributed by atoms with van der Waals surface area (Å²) in [6, 6.07) is 7.40. The largest absolute Gasteiger partial charge is 0.324 e. The summed E-state index contributed by atoms with van der Waals surface area (Å²) in [5, 5.41) is 0.0382. The Morgan fingerprint density at radius 1 is 1.23 bits per heavy atom. The number of likely N-dealkylation sites (tertiary alicyclic amines) is 1. The molecule has 1 atom stereocenters. The summed E-state index contributed by atoms with van der Waals surface area (Å²) in [5.74, 6) is 3.24. The molecule has 10 heteroatoms. The Kier molecular flexibility index (Phi) is 7.09. The number of halogens is 3. The van der Waals surface area contributed by atoms with Gasteiger partial charge in [-0.3, -0.25) is 15.1 Å². The smallest absolute Gasteiger partial charge is 0.323 e. The molecule has 0 aromatic heterocycles. The Hall–Kier alpha value is -2.75. The Labute approximate surface area is 184 Å². The highest BCUT2D eigenvalue weighted by molar-refractivity contribution is 6.33. The molecule has 0 bridgehead atoms. The van der Waals surface area contributed by atoms with E-state index in [1.54, 1.807) is 4.90 Å². The van der Waals surface area contributed by atoms with Crippen LogP contribution in [0.1, 0.15) is 22.3 Å². The van der Waals surface area contributed by atoms with Gasteiger partial charge in [0, 0.05) is 30.3 Å². The van der Waals surface area contributed by atoms with Gasteiger partial charge in [-0.2, -0.15) is 0 Å². The number of benzene rings is 2. The molecule has 1 fully saturated rings. The van der Waals surface area contributed by atoms with Crippen molar-refractivity contribution in [1.82, 2.24) is 15.2 Å². The van der Waals surface area contributed by atoms with E-state index in [-0.39, 0.29) is 40.5 Å². The number of carbonyl (C=O) groups excluding carboxylic acids is 2. The molecule has 0 radical (unpaired) electrons. The molecule has 0 saturated carbocycles. The van der Waals surface area contributed by atoms with Crippen LogP contribution in [0.4, 0.5) is 19.3 Å². The standard InChI is InChI=1S/C21H24ClF2N5O2/c1-27(2)16-7-8-28(12-16)21(31)29(19-6-5-15(23)10-17(19)22)11-14-4-3-13(9-18(14)24)20(30)26-25/h3-6,9-10,16H,7-8,11-12,25H2,1-2H3,(H,26,30). The number of hydrazine groups is 1. The minimum Gasteiger partial charge on any atom is -0.323 e. The van der Waals surface area contributed by atoms with Crippen LogP contribution in [0.15, 0.2) is 36.4 Å².